The molecule has 3 aliphatic rings. The molecule has 2 amide bonds. The molecular weight excluding hydrogens is 440 g/mol. The van der Waals surface area contributed by atoms with Crippen molar-refractivity contribution in [1.82, 2.24) is 19.4 Å². The van der Waals surface area contributed by atoms with Crippen LogP contribution in [0.2, 0.25) is 0 Å². The van der Waals surface area contributed by atoms with Crippen molar-refractivity contribution in [2.24, 2.45) is 0 Å². The second kappa shape index (κ2) is 8.86. The molecule has 1 aromatic carbocycles. The maximum absolute atomic E-state index is 14.4. The SMILES string of the molecule is C[C@@]1(C(=O)NC2CCCCC2)Cn2c(c(-n3cccc3)c3ccccc32)C(=O)N1C[C@H]1CCCO1. The molecule has 35 heavy (non-hydrogen) atoms. The van der Waals surface area contributed by atoms with Gasteiger partial charge in [-0.15, -0.1) is 0 Å². The average molecular weight is 475 g/mol. The maximum Gasteiger partial charge on any atom is 0.273 e. The Bertz CT molecular complexity index is 1230. The summed E-state index contributed by atoms with van der Waals surface area (Å²) in [5, 5.41) is 4.34. The summed E-state index contributed by atoms with van der Waals surface area (Å²) in [5.41, 5.74) is 1.50. The topological polar surface area (TPSA) is 68.5 Å². The Balaban J connectivity index is 1.46. The lowest BCUT2D eigenvalue weighted by Crippen LogP contribution is -2.66. The first-order chi connectivity index (χ1) is 17.1. The van der Waals surface area contributed by atoms with Crippen molar-refractivity contribution < 1.29 is 14.3 Å². The molecule has 2 aliphatic heterocycles. The molecule has 1 N–H and O–H groups in total. The van der Waals surface area contributed by atoms with Gasteiger partial charge >= 0.3 is 0 Å². The zero-order chi connectivity index (χ0) is 24.0. The molecule has 2 atom stereocenters. The molecular formula is C28H34N4O3. The number of amides is 2. The van der Waals surface area contributed by atoms with Gasteiger partial charge in [0, 0.05) is 37.0 Å². The average Bonchev–Trinajstić information content (AvgIpc) is 3.63. The molecule has 0 bridgehead atoms. The van der Waals surface area contributed by atoms with Gasteiger partial charge in [0.25, 0.3) is 5.91 Å². The number of carbonyl (C=O) groups is 2. The van der Waals surface area contributed by atoms with Crippen molar-refractivity contribution in [2.75, 3.05) is 13.2 Å². The summed E-state index contributed by atoms with van der Waals surface area (Å²) in [5.74, 6) is -0.158. The first-order valence-corrected chi connectivity index (χ1v) is 13.1. The van der Waals surface area contributed by atoms with Crippen molar-refractivity contribution >= 4 is 22.7 Å². The van der Waals surface area contributed by atoms with Crippen LogP contribution in [0, 0.1) is 0 Å². The van der Waals surface area contributed by atoms with Crippen LogP contribution >= 0.6 is 0 Å². The Morgan fingerprint density at radius 2 is 1.83 bits per heavy atom. The first kappa shape index (κ1) is 22.4. The van der Waals surface area contributed by atoms with Gasteiger partial charge in [-0.1, -0.05) is 37.5 Å². The van der Waals surface area contributed by atoms with Gasteiger partial charge in [-0.25, -0.2) is 0 Å². The third kappa shape index (κ3) is 3.77. The van der Waals surface area contributed by atoms with Crippen molar-refractivity contribution in [3.05, 3.63) is 54.5 Å². The number of carbonyl (C=O) groups excluding carboxylic acids is 2. The Labute approximate surface area is 206 Å². The van der Waals surface area contributed by atoms with E-state index in [1.54, 1.807) is 0 Å². The molecule has 7 heteroatoms. The summed E-state index contributed by atoms with van der Waals surface area (Å²) in [4.78, 5) is 30.1. The molecule has 184 valence electrons. The summed E-state index contributed by atoms with van der Waals surface area (Å²) in [7, 11) is 0. The molecule has 1 saturated heterocycles. The molecule has 1 aliphatic carbocycles. The van der Waals surface area contributed by atoms with Crippen molar-refractivity contribution in [2.45, 2.75) is 76.1 Å². The summed E-state index contributed by atoms with van der Waals surface area (Å²) < 4.78 is 10.0. The lowest BCUT2D eigenvalue weighted by molar-refractivity contribution is -0.134. The third-order valence-corrected chi connectivity index (χ3v) is 8.16. The van der Waals surface area contributed by atoms with E-state index in [-0.39, 0.29) is 24.0 Å². The summed E-state index contributed by atoms with van der Waals surface area (Å²) in [6, 6.07) is 12.2. The number of hydrogen-bond acceptors (Lipinski definition) is 3. The summed E-state index contributed by atoms with van der Waals surface area (Å²) in [6.45, 7) is 3.50. The molecule has 4 heterocycles. The van der Waals surface area contributed by atoms with E-state index in [1.165, 1.54) is 6.42 Å². The molecule has 0 spiro atoms. The van der Waals surface area contributed by atoms with E-state index in [0.29, 0.717) is 25.4 Å². The number of para-hydroxylation sites is 1. The van der Waals surface area contributed by atoms with Crippen LogP contribution in [-0.2, 0) is 16.1 Å². The lowest BCUT2D eigenvalue weighted by Gasteiger charge is -2.45. The first-order valence-electron chi connectivity index (χ1n) is 13.1. The minimum Gasteiger partial charge on any atom is -0.376 e. The summed E-state index contributed by atoms with van der Waals surface area (Å²) in [6.07, 6.45) is 11.4. The lowest BCUT2D eigenvalue weighted by atomic mass is 9.91. The van der Waals surface area contributed by atoms with Gasteiger partial charge in [-0.05, 0) is 50.8 Å². The number of rotatable bonds is 5. The highest BCUT2D eigenvalue weighted by molar-refractivity contribution is 6.09. The smallest absolute Gasteiger partial charge is 0.273 e. The third-order valence-electron chi connectivity index (χ3n) is 8.16. The van der Waals surface area contributed by atoms with Crippen LogP contribution in [0.25, 0.3) is 16.6 Å². The van der Waals surface area contributed by atoms with Crippen LogP contribution in [0.3, 0.4) is 0 Å². The number of benzene rings is 1. The van der Waals surface area contributed by atoms with Gasteiger partial charge in [0.1, 0.15) is 11.2 Å². The highest BCUT2D eigenvalue weighted by atomic mass is 16.5. The number of ether oxygens (including phenoxy) is 1. The second-order valence-corrected chi connectivity index (χ2v) is 10.5. The fourth-order valence-corrected chi connectivity index (χ4v) is 6.21. The number of nitrogens with one attached hydrogen (secondary N) is 1. The molecule has 0 unspecified atom stereocenters. The van der Waals surface area contributed by atoms with Crippen molar-refractivity contribution in [1.29, 1.82) is 0 Å². The molecule has 0 radical (unpaired) electrons. The molecule has 7 nitrogen and oxygen atoms in total. The Morgan fingerprint density at radius 1 is 1.06 bits per heavy atom. The number of hydrogen-bond donors (Lipinski definition) is 1. The summed E-state index contributed by atoms with van der Waals surface area (Å²) >= 11 is 0. The van der Waals surface area contributed by atoms with E-state index in [1.807, 2.05) is 59.1 Å². The fraction of sp³-hybridized carbons (Fsp3) is 0.500. The van der Waals surface area contributed by atoms with E-state index < -0.39 is 5.54 Å². The number of fused-ring (bicyclic) bond motifs is 3. The van der Waals surface area contributed by atoms with Crippen LogP contribution in [-0.4, -0.2) is 56.7 Å². The van der Waals surface area contributed by atoms with Crippen LogP contribution in [0.1, 0.15) is 62.4 Å². The quantitative estimate of drug-likeness (QED) is 0.600. The van der Waals surface area contributed by atoms with E-state index >= 15 is 0 Å². The predicted molar refractivity (Wildman–Crippen MR) is 135 cm³/mol. The van der Waals surface area contributed by atoms with E-state index in [4.69, 9.17) is 4.74 Å². The van der Waals surface area contributed by atoms with E-state index in [2.05, 4.69) is 16.0 Å². The van der Waals surface area contributed by atoms with Crippen LogP contribution in [0.4, 0.5) is 0 Å². The van der Waals surface area contributed by atoms with E-state index in [0.717, 1.165) is 55.1 Å². The number of aromatic nitrogens is 2. The Morgan fingerprint density at radius 3 is 2.57 bits per heavy atom. The largest absolute Gasteiger partial charge is 0.376 e. The van der Waals surface area contributed by atoms with Gasteiger partial charge in [0.15, 0.2) is 0 Å². The van der Waals surface area contributed by atoms with Crippen LogP contribution in [0.5, 0.6) is 0 Å². The van der Waals surface area contributed by atoms with Crippen molar-refractivity contribution in [3.63, 3.8) is 0 Å². The van der Waals surface area contributed by atoms with Gasteiger partial charge in [-0.2, -0.15) is 0 Å². The maximum atomic E-state index is 14.4. The minimum atomic E-state index is -0.997. The fourth-order valence-electron chi connectivity index (χ4n) is 6.21. The standard InChI is InChI=1S/C28H34N4O3/c1-28(27(34)29-20-10-3-2-4-11-20)19-31-23-14-6-5-13-22(23)24(30-15-7-8-16-30)25(31)26(33)32(28)18-21-12-9-17-35-21/h5-8,13-16,20-21H,2-4,9-12,17-19H2,1H3,(H,29,34)/t21-,28+/m1/s1. The Hall–Kier alpha value is -3.06. The highest BCUT2D eigenvalue weighted by Gasteiger charge is 2.50. The predicted octanol–water partition coefficient (Wildman–Crippen LogP) is 4.27. The molecule has 6 rings (SSSR count). The van der Waals surface area contributed by atoms with Crippen LogP contribution in [0.15, 0.2) is 48.8 Å². The monoisotopic (exact) mass is 474 g/mol. The minimum absolute atomic E-state index is 0.0355. The van der Waals surface area contributed by atoms with Gasteiger partial charge < -0.3 is 24.1 Å². The van der Waals surface area contributed by atoms with Crippen molar-refractivity contribution in [3.8, 4) is 5.69 Å². The van der Waals surface area contributed by atoms with Crippen LogP contribution < -0.4 is 5.32 Å². The van der Waals surface area contributed by atoms with Gasteiger partial charge in [-0.3, -0.25) is 9.59 Å². The number of nitrogens with zero attached hydrogens (tertiary/aromatic N) is 3. The van der Waals surface area contributed by atoms with Gasteiger partial charge in [0.2, 0.25) is 5.91 Å². The Kier molecular flexibility index (Phi) is 5.67. The highest BCUT2D eigenvalue weighted by Crippen LogP contribution is 2.38. The zero-order valence-electron chi connectivity index (χ0n) is 20.4. The zero-order valence-corrected chi connectivity index (χ0v) is 20.4. The molecule has 2 aromatic heterocycles. The van der Waals surface area contributed by atoms with Gasteiger partial charge in [0.05, 0.1) is 23.9 Å². The molecule has 3 aromatic rings. The van der Waals surface area contributed by atoms with E-state index in [9.17, 15) is 9.59 Å². The second-order valence-electron chi connectivity index (χ2n) is 10.5. The molecule has 1 saturated carbocycles. The molecule has 2 fully saturated rings. The normalized spacial score (nSPS) is 25.2.